The van der Waals surface area contributed by atoms with Gasteiger partial charge in [0.05, 0.1) is 12.3 Å². The molecule has 2 aromatic carbocycles. The monoisotopic (exact) mass is 472 g/mol. The van der Waals surface area contributed by atoms with E-state index in [1.165, 1.54) is 18.2 Å². The Morgan fingerprint density at radius 3 is 2.46 bits per heavy atom. The smallest absolute Gasteiger partial charge is 0.406 e. The van der Waals surface area contributed by atoms with Gasteiger partial charge in [0.15, 0.2) is 0 Å². The lowest BCUT2D eigenvalue weighted by Gasteiger charge is -2.14. The lowest BCUT2D eigenvalue weighted by atomic mass is 10.2. The SMILES string of the molecule is O=C(Nc1cc(Br)cc(OC(F)(F)F)c1)Nc1cc(Cl)cc(Cl)c1CO. The molecule has 0 saturated carbocycles. The fraction of sp³-hybridized carbons (Fsp3) is 0.133. The van der Waals surface area contributed by atoms with Gasteiger partial charge in [-0.25, -0.2) is 4.79 Å². The van der Waals surface area contributed by atoms with Crippen LogP contribution in [-0.4, -0.2) is 17.5 Å². The Balaban J connectivity index is 2.18. The van der Waals surface area contributed by atoms with Gasteiger partial charge in [-0.2, -0.15) is 0 Å². The predicted molar refractivity (Wildman–Crippen MR) is 95.9 cm³/mol. The summed E-state index contributed by atoms with van der Waals surface area (Å²) in [7, 11) is 0. The van der Waals surface area contributed by atoms with Crippen LogP contribution in [0.4, 0.5) is 29.3 Å². The van der Waals surface area contributed by atoms with Crippen LogP contribution < -0.4 is 15.4 Å². The third kappa shape index (κ3) is 5.94. The number of anilines is 2. The molecular weight excluding hydrogens is 464 g/mol. The molecule has 0 aliphatic carbocycles. The standard InChI is InChI=1S/C15H10BrCl2F3N2O3/c16-7-1-9(5-10(2-7)26-15(19,20)21)22-14(25)23-13-4-8(17)3-12(18)11(13)6-24/h1-5,24H,6H2,(H2,22,23,25). The first-order valence-electron chi connectivity index (χ1n) is 6.80. The van der Waals surface area contributed by atoms with Crippen LogP contribution in [0.1, 0.15) is 5.56 Å². The van der Waals surface area contributed by atoms with E-state index in [0.717, 1.165) is 12.1 Å². The summed E-state index contributed by atoms with van der Waals surface area (Å²) in [5, 5.41) is 14.5. The van der Waals surface area contributed by atoms with Crippen molar-refractivity contribution in [3.8, 4) is 5.75 Å². The third-order valence-electron chi connectivity index (χ3n) is 2.93. The fourth-order valence-electron chi connectivity index (χ4n) is 1.99. The molecule has 0 aliphatic rings. The molecule has 0 aromatic heterocycles. The van der Waals surface area contributed by atoms with E-state index in [1.807, 2.05) is 0 Å². The molecule has 0 bridgehead atoms. The Labute approximate surface area is 164 Å². The maximum atomic E-state index is 12.3. The van der Waals surface area contributed by atoms with E-state index < -0.39 is 24.7 Å². The van der Waals surface area contributed by atoms with Crippen molar-refractivity contribution in [3.05, 3.63) is 50.4 Å². The molecule has 0 fully saturated rings. The van der Waals surface area contributed by atoms with Crippen molar-refractivity contribution in [1.29, 1.82) is 0 Å². The first-order chi connectivity index (χ1) is 12.1. The minimum Gasteiger partial charge on any atom is -0.406 e. The highest BCUT2D eigenvalue weighted by molar-refractivity contribution is 9.10. The number of aliphatic hydroxyl groups excluding tert-OH is 1. The molecule has 0 saturated heterocycles. The lowest BCUT2D eigenvalue weighted by Crippen LogP contribution is -2.21. The number of nitrogens with one attached hydrogen (secondary N) is 2. The largest absolute Gasteiger partial charge is 0.573 e. The summed E-state index contributed by atoms with van der Waals surface area (Å²) in [4.78, 5) is 12.1. The van der Waals surface area contributed by atoms with Crippen molar-refractivity contribution >= 4 is 56.5 Å². The van der Waals surface area contributed by atoms with E-state index in [2.05, 4.69) is 31.3 Å². The van der Waals surface area contributed by atoms with E-state index >= 15 is 0 Å². The van der Waals surface area contributed by atoms with Crippen molar-refractivity contribution in [2.24, 2.45) is 0 Å². The highest BCUT2D eigenvalue weighted by Crippen LogP contribution is 2.31. The average molecular weight is 474 g/mol. The van der Waals surface area contributed by atoms with E-state index in [1.54, 1.807) is 0 Å². The van der Waals surface area contributed by atoms with Crippen LogP contribution >= 0.6 is 39.1 Å². The molecular formula is C15H10BrCl2F3N2O3. The van der Waals surface area contributed by atoms with Crippen molar-refractivity contribution in [2.45, 2.75) is 13.0 Å². The molecule has 0 atom stereocenters. The molecule has 5 nitrogen and oxygen atoms in total. The molecule has 140 valence electrons. The molecule has 0 spiro atoms. The van der Waals surface area contributed by atoms with Crippen LogP contribution in [0.15, 0.2) is 34.8 Å². The lowest BCUT2D eigenvalue weighted by molar-refractivity contribution is -0.274. The quantitative estimate of drug-likeness (QED) is 0.526. The highest BCUT2D eigenvalue weighted by atomic mass is 79.9. The number of halogens is 6. The number of amides is 2. The number of benzene rings is 2. The minimum absolute atomic E-state index is 0.0369. The van der Waals surface area contributed by atoms with Crippen LogP contribution in [0.3, 0.4) is 0 Å². The number of hydrogen-bond acceptors (Lipinski definition) is 3. The summed E-state index contributed by atoms with van der Waals surface area (Å²) in [6.07, 6.45) is -4.87. The van der Waals surface area contributed by atoms with E-state index in [9.17, 15) is 23.1 Å². The van der Waals surface area contributed by atoms with Gasteiger partial charge in [0, 0.05) is 31.8 Å². The number of rotatable bonds is 4. The molecule has 11 heteroatoms. The molecule has 0 heterocycles. The number of ether oxygens (including phenoxy) is 1. The average Bonchev–Trinajstić information content (AvgIpc) is 2.43. The number of carbonyl (C=O) groups excluding carboxylic acids is 1. The Hall–Kier alpha value is -1.68. The molecule has 2 aromatic rings. The van der Waals surface area contributed by atoms with Gasteiger partial charge in [0.1, 0.15) is 5.75 Å². The maximum absolute atomic E-state index is 12.3. The zero-order valence-corrected chi connectivity index (χ0v) is 15.7. The second kappa shape index (κ2) is 8.34. The molecule has 2 rings (SSSR count). The van der Waals surface area contributed by atoms with E-state index in [-0.39, 0.29) is 31.5 Å². The summed E-state index contributed by atoms with van der Waals surface area (Å²) in [6.45, 7) is -0.452. The molecule has 26 heavy (non-hydrogen) atoms. The van der Waals surface area contributed by atoms with Gasteiger partial charge < -0.3 is 20.5 Å². The molecule has 2 amide bonds. The molecule has 0 unspecified atom stereocenters. The predicted octanol–water partition coefficient (Wildman–Crippen LogP) is 5.79. The Bertz CT molecular complexity index is 835. The van der Waals surface area contributed by atoms with Crippen molar-refractivity contribution in [2.75, 3.05) is 10.6 Å². The summed E-state index contributed by atoms with van der Waals surface area (Å²) >= 11 is 14.8. The van der Waals surface area contributed by atoms with Crippen molar-refractivity contribution in [1.82, 2.24) is 0 Å². The van der Waals surface area contributed by atoms with Crippen LogP contribution in [0.25, 0.3) is 0 Å². The van der Waals surface area contributed by atoms with E-state index in [0.29, 0.717) is 0 Å². The maximum Gasteiger partial charge on any atom is 0.573 e. The van der Waals surface area contributed by atoms with Gasteiger partial charge in [-0.05, 0) is 24.3 Å². The van der Waals surface area contributed by atoms with Crippen molar-refractivity contribution < 1.29 is 27.8 Å². The summed E-state index contributed by atoms with van der Waals surface area (Å²) in [5.74, 6) is -0.510. The Morgan fingerprint density at radius 2 is 1.85 bits per heavy atom. The zero-order chi connectivity index (χ0) is 19.5. The minimum atomic E-state index is -4.87. The van der Waals surface area contributed by atoms with Gasteiger partial charge in [-0.1, -0.05) is 39.1 Å². The normalized spacial score (nSPS) is 11.2. The van der Waals surface area contributed by atoms with E-state index in [4.69, 9.17) is 23.2 Å². The van der Waals surface area contributed by atoms with Gasteiger partial charge in [-0.15, -0.1) is 13.2 Å². The topological polar surface area (TPSA) is 70.6 Å². The third-order valence-corrected chi connectivity index (χ3v) is 3.94. The van der Waals surface area contributed by atoms with Gasteiger partial charge >= 0.3 is 12.4 Å². The van der Waals surface area contributed by atoms with Crippen molar-refractivity contribution in [3.63, 3.8) is 0 Å². The zero-order valence-electron chi connectivity index (χ0n) is 12.6. The van der Waals surface area contributed by atoms with Crippen LogP contribution in [0.5, 0.6) is 5.75 Å². The second-order valence-corrected chi connectivity index (χ2v) is 6.63. The van der Waals surface area contributed by atoms with Crippen LogP contribution in [-0.2, 0) is 6.61 Å². The van der Waals surface area contributed by atoms with Crippen LogP contribution in [0, 0.1) is 0 Å². The summed E-state index contributed by atoms with van der Waals surface area (Å²) in [6, 6.07) is 5.45. The summed E-state index contributed by atoms with van der Waals surface area (Å²) < 4.78 is 41.1. The first-order valence-corrected chi connectivity index (χ1v) is 8.35. The fourth-order valence-corrected chi connectivity index (χ4v) is 3.01. The Kier molecular flexibility index (Phi) is 6.62. The second-order valence-electron chi connectivity index (χ2n) is 4.87. The summed E-state index contributed by atoms with van der Waals surface area (Å²) in [5.41, 5.74) is 0.431. The number of alkyl halides is 3. The van der Waals surface area contributed by atoms with Crippen LogP contribution in [0.2, 0.25) is 10.0 Å². The van der Waals surface area contributed by atoms with Gasteiger partial charge in [0.2, 0.25) is 0 Å². The first kappa shape index (κ1) is 20.6. The Morgan fingerprint density at radius 1 is 1.15 bits per heavy atom. The number of urea groups is 1. The number of hydrogen-bond donors (Lipinski definition) is 3. The highest BCUT2D eigenvalue weighted by Gasteiger charge is 2.31. The number of aliphatic hydroxyl groups is 1. The molecule has 3 N–H and O–H groups in total. The number of carbonyl (C=O) groups is 1. The van der Waals surface area contributed by atoms with Gasteiger partial charge in [-0.3, -0.25) is 0 Å². The molecule has 0 aliphatic heterocycles. The van der Waals surface area contributed by atoms with Gasteiger partial charge in [0.25, 0.3) is 0 Å². The molecule has 0 radical (unpaired) electrons.